The number of nitrogens with zero attached hydrogens (tertiary/aromatic N) is 2. The monoisotopic (exact) mass is 237 g/mol. The minimum Gasteiger partial charge on any atom is -0.395 e. The van der Waals surface area contributed by atoms with E-state index < -0.39 is 5.82 Å². The summed E-state index contributed by atoms with van der Waals surface area (Å²) in [5, 5.41) is 0. The lowest BCUT2D eigenvalue weighted by Crippen LogP contribution is -2.48. The van der Waals surface area contributed by atoms with E-state index in [1.165, 1.54) is 6.07 Å². The van der Waals surface area contributed by atoms with Crippen LogP contribution in [0.15, 0.2) is 18.2 Å². The van der Waals surface area contributed by atoms with Crippen LogP contribution in [-0.4, -0.2) is 37.0 Å². The largest absolute Gasteiger partial charge is 0.395 e. The van der Waals surface area contributed by atoms with Gasteiger partial charge in [-0.3, -0.25) is 4.79 Å². The molecule has 1 aliphatic rings. The second-order valence-electron chi connectivity index (χ2n) is 4.17. The first kappa shape index (κ1) is 11.7. The number of nitrogen functional groups attached to an aromatic ring is 1. The van der Waals surface area contributed by atoms with E-state index in [0.717, 1.165) is 0 Å². The third kappa shape index (κ3) is 2.33. The zero-order chi connectivity index (χ0) is 12.4. The summed E-state index contributed by atoms with van der Waals surface area (Å²) in [6.07, 6.45) is 0. The Morgan fingerprint density at radius 2 is 1.94 bits per heavy atom. The molecular formula is C12H16FN3O. The highest BCUT2D eigenvalue weighted by molar-refractivity contribution is 5.74. The Kier molecular flexibility index (Phi) is 3.17. The molecular weight excluding hydrogens is 221 g/mol. The highest BCUT2D eigenvalue weighted by Crippen LogP contribution is 2.26. The van der Waals surface area contributed by atoms with Crippen molar-refractivity contribution in [2.75, 3.05) is 36.8 Å². The molecule has 4 nitrogen and oxygen atoms in total. The van der Waals surface area contributed by atoms with Gasteiger partial charge >= 0.3 is 0 Å². The van der Waals surface area contributed by atoms with Crippen molar-refractivity contribution in [2.24, 2.45) is 0 Å². The van der Waals surface area contributed by atoms with Crippen molar-refractivity contribution in [1.29, 1.82) is 0 Å². The SMILES string of the molecule is CC(=O)N1CCN(c2cccc(F)c2N)CC1. The summed E-state index contributed by atoms with van der Waals surface area (Å²) in [7, 11) is 0. The fraction of sp³-hybridized carbons (Fsp3) is 0.417. The van der Waals surface area contributed by atoms with Crippen molar-refractivity contribution < 1.29 is 9.18 Å². The van der Waals surface area contributed by atoms with Gasteiger partial charge in [0, 0.05) is 33.1 Å². The van der Waals surface area contributed by atoms with Crippen LogP contribution in [0, 0.1) is 5.82 Å². The lowest BCUT2D eigenvalue weighted by Gasteiger charge is -2.36. The lowest BCUT2D eigenvalue weighted by molar-refractivity contribution is -0.129. The molecule has 1 fully saturated rings. The molecule has 0 aliphatic carbocycles. The van der Waals surface area contributed by atoms with Crippen LogP contribution in [0.25, 0.3) is 0 Å². The lowest BCUT2D eigenvalue weighted by atomic mass is 10.2. The zero-order valence-corrected chi connectivity index (χ0v) is 9.82. The molecule has 0 atom stereocenters. The summed E-state index contributed by atoms with van der Waals surface area (Å²) < 4.78 is 13.3. The van der Waals surface area contributed by atoms with Gasteiger partial charge in [0.05, 0.1) is 11.4 Å². The molecule has 2 N–H and O–H groups in total. The van der Waals surface area contributed by atoms with Gasteiger partial charge < -0.3 is 15.5 Å². The molecule has 92 valence electrons. The molecule has 17 heavy (non-hydrogen) atoms. The Morgan fingerprint density at radius 3 is 2.53 bits per heavy atom. The number of nitrogens with two attached hydrogens (primary N) is 1. The van der Waals surface area contributed by atoms with Gasteiger partial charge in [-0.1, -0.05) is 6.07 Å². The Balaban J connectivity index is 2.10. The first-order chi connectivity index (χ1) is 8.09. The Hall–Kier alpha value is -1.78. The van der Waals surface area contributed by atoms with Gasteiger partial charge in [0.15, 0.2) is 0 Å². The van der Waals surface area contributed by atoms with Crippen molar-refractivity contribution in [2.45, 2.75) is 6.92 Å². The summed E-state index contributed by atoms with van der Waals surface area (Å²) in [5.41, 5.74) is 6.61. The molecule has 1 saturated heterocycles. The number of hydrogen-bond donors (Lipinski definition) is 1. The van der Waals surface area contributed by atoms with Crippen LogP contribution in [-0.2, 0) is 4.79 Å². The zero-order valence-electron chi connectivity index (χ0n) is 9.82. The molecule has 0 bridgehead atoms. The van der Waals surface area contributed by atoms with E-state index in [1.807, 2.05) is 11.0 Å². The van der Waals surface area contributed by atoms with Gasteiger partial charge in [-0.2, -0.15) is 0 Å². The average molecular weight is 237 g/mol. The number of carbonyl (C=O) groups is 1. The Morgan fingerprint density at radius 1 is 1.29 bits per heavy atom. The summed E-state index contributed by atoms with van der Waals surface area (Å²) in [6, 6.07) is 4.81. The molecule has 1 aromatic rings. The number of halogens is 1. The van der Waals surface area contributed by atoms with Crippen LogP contribution < -0.4 is 10.6 Å². The number of amides is 1. The van der Waals surface area contributed by atoms with Crippen LogP contribution in [0.1, 0.15) is 6.92 Å². The van der Waals surface area contributed by atoms with Gasteiger partial charge in [0.1, 0.15) is 5.82 Å². The molecule has 0 spiro atoms. The van der Waals surface area contributed by atoms with E-state index in [1.54, 1.807) is 17.9 Å². The van der Waals surface area contributed by atoms with Crippen LogP contribution >= 0.6 is 0 Å². The fourth-order valence-electron chi connectivity index (χ4n) is 2.06. The number of piperazine rings is 1. The predicted octanol–water partition coefficient (Wildman–Crippen LogP) is 1.08. The summed E-state index contributed by atoms with van der Waals surface area (Å²) in [4.78, 5) is 15.0. The second-order valence-corrected chi connectivity index (χ2v) is 4.17. The predicted molar refractivity (Wildman–Crippen MR) is 65.3 cm³/mol. The quantitative estimate of drug-likeness (QED) is 0.743. The van der Waals surface area contributed by atoms with Gasteiger partial charge in [0.2, 0.25) is 5.91 Å². The number of benzene rings is 1. The van der Waals surface area contributed by atoms with Crippen LogP contribution in [0.4, 0.5) is 15.8 Å². The number of anilines is 2. The molecule has 2 rings (SSSR count). The van der Waals surface area contributed by atoms with Gasteiger partial charge in [0.25, 0.3) is 0 Å². The van der Waals surface area contributed by atoms with E-state index in [0.29, 0.717) is 31.9 Å². The standard InChI is InChI=1S/C12H16FN3O/c1-9(17)15-5-7-16(8-6-15)11-4-2-3-10(13)12(11)14/h2-4H,5-8,14H2,1H3. The summed E-state index contributed by atoms with van der Waals surface area (Å²) in [6.45, 7) is 4.25. The highest BCUT2D eigenvalue weighted by atomic mass is 19.1. The van der Waals surface area contributed by atoms with E-state index in [2.05, 4.69) is 0 Å². The maximum atomic E-state index is 13.3. The van der Waals surface area contributed by atoms with Crippen molar-refractivity contribution in [1.82, 2.24) is 4.90 Å². The Bertz CT molecular complexity index is 428. The van der Waals surface area contributed by atoms with E-state index >= 15 is 0 Å². The first-order valence-electron chi connectivity index (χ1n) is 5.64. The maximum absolute atomic E-state index is 13.3. The van der Waals surface area contributed by atoms with Crippen molar-refractivity contribution in [3.63, 3.8) is 0 Å². The molecule has 1 aliphatic heterocycles. The van der Waals surface area contributed by atoms with Crippen LogP contribution in [0.2, 0.25) is 0 Å². The molecule has 0 unspecified atom stereocenters. The second kappa shape index (κ2) is 4.61. The summed E-state index contributed by atoms with van der Waals surface area (Å²) >= 11 is 0. The van der Waals surface area contributed by atoms with Crippen LogP contribution in [0.5, 0.6) is 0 Å². The fourth-order valence-corrected chi connectivity index (χ4v) is 2.06. The molecule has 1 aromatic carbocycles. The normalized spacial score (nSPS) is 16.1. The van der Waals surface area contributed by atoms with Gasteiger partial charge in [-0.05, 0) is 12.1 Å². The minimum absolute atomic E-state index is 0.0804. The minimum atomic E-state index is -0.392. The van der Waals surface area contributed by atoms with E-state index in [9.17, 15) is 9.18 Å². The Labute approximate surface area is 99.8 Å². The highest BCUT2D eigenvalue weighted by Gasteiger charge is 2.20. The number of para-hydroxylation sites is 1. The van der Waals surface area contributed by atoms with Crippen LogP contribution in [0.3, 0.4) is 0 Å². The van der Waals surface area contributed by atoms with Gasteiger partial charge in [-0.25, -0.2) is 4.39 Å². The molecule has 1 amide bonds. The summed E-state index contributed by atoms with van der Waals surface area (Å²) in [5.74, 6) is -0.312. The average Bonchev–Trinajstić information content (AvgIpc) is 2.33. The van der Waals surface area contributed by atoms with Gasteiger partial charge in [-0.15, -0.1) is 0 Å². The van der Waals surface area contributed by atoms with Crippen molar-refractivity contribution >= 4 is 17.3 Å². The van der Waals surface area contributed by atoms with E-state index in [-0.39, 0.29) is 11.6 Å². The maximum Gasteiger partial charge on any atom is 0.219 e. The number of rotatable bonds is 1. The molecule has 1 heterocycles. The first-order valence-corrected chi connectivity index (χ1v) is 5.64. The third-order valence-corrected chi connectivity index (χ3v) is 3.10. The van der Waals surface area contributed by atoms with Crippen molar-refractivity contribution in [3.8, 4) is 0 Å². The molecule has 0 radical (unpaired) electrons. The molecule has 0 saturated carbocycles. The van der Waals surface area contributed by atoms with Crippen molar-refractivity contribution in [3.05, 3.63) is 24.0 Å². The topological polar surface area (TPSA) is 49.6 Å². The smallest absolute Gasteiger partial charge is 0.219 e. The third-order valence-electron chi connectivity index (χ3n) is 3.10. The number of carbonyl (C=O) groups excluding carboxylic acids is 1. The molecule has 0 aromatic heterocycles. The molecule has 5 heteroatoms. The van der Waals surface area contributed by atoms with E-state index in [4.69, 9.17) is 5.73 Å². The number of hydrogen-bond acceptors (Lipinski definition) is 3.